The number of aliphatic hydroxyl groups is 1. The van der Waals surface area contributed by atoms with Crippen LogP contribution in [0.2, 0.25) is 0 Å². The molecule has 12 atom stereocenters. The molecule has 2 aromatic carbocycles. The van der Waals surface area contributed by atoms with Crippen LogP contribution in [0.3, 0.4) is 0 Å². The summed E-state index contributed by atoms with van der Waals surface area (Å²) in [5, 5.41) is 11.8. The third kappa shape index (κ3) is 7.71. The lowest BCUT2D eigenvalue weighted by molar-refractivity contribution is -0.280. The van der Waals surface area contributed by atoms with Crippen molar-refractivity contribution in [3.05, 3.63) is 83.4 Å². The molecule has 60 heavy (non-hydrogen) atoms. The number of carbonyl (C=O) groups excluding carboxylic acids is 2. The molecule has 0 bridgehead atoms. The summed E-state index contributed by atoms with van der Waals surface area (Å²) < 4.78 is 109. The lowest BCUT2D eigenvalue weighted by atomic mass is 9.47. The monoisotopic (exact) mass is 850 g/mol. The number of alkyl halides is 6. The van der Waals surface area contributed by atoms with Crippen LogP contribution in [0.4, 0.5) is 26.3 Å². The summed E-state index contributed by atoms with van der Waals surface area (Å²) in [6.45, 7) is 10.3. The molecule has 0 spiro atoms. The highest BCUT2D eigenvalue weighted by Gasteiger charge is 2.66. The molecule has 13 heteroatoms. The van der Waals surface area contributed by atoms with Gasteiger partial charge in [0.15, 0.2) is 0 Å². The summed E-state index contributed by atoms with van der Waals surface area (Å²) in [6.07, 6.45) is -4.90. The van der Waals surface area contributed by atoms with Crippen molar-refractivity contribution in [3.8, 4) is 0 Å². The van der Waals surface area contributed by atoms with E-state index in [0.29, 0.717) is 32.1 Å². The SMILES string of the molecule is CO[C@@](C(=O)O[C@H]1CC[C@]2(C)C3=CC[C@]4(C)[C@@H]([C@H](C)CC[C@H](OC(=O)[C@](OC)(c5ccccc5)C(F)(F)F)C(C)C)CC[C@H]4[C@@H]3C[C@H](O)[C@H]2C1)(c1ccccc1)C(F)(F)F. The summed E-state index contributed by atoms with van der Waals surface area (Å²) >= 11 is 0. The summed E-state index contributed by atoms with van der Waals surface area (Å²) in [4.78, 5) is 27.0. The molecular weight excluding hydrogens is 790 g/mol. The van der Waals surface area contributed by atoms with Crippen LogP contribution in [0.1, 0.15) is 104 Å². The first-order chi connectivity index (χ1) is 28.1. The van der Waals surface area contributed by atoms with Gasteiger partial charge in [-0.15, -0.1) is 0 Å². The Bertz CT molecular complexity index is 1850. The minimum absolute atomic E-state index is 0.104. The first-order valence-corrected chi connectivity index (χ1v) is 21.3. The Morgan fingerprint density at radius 2 is 1.32 bits per heavy atom. The largest absolute Gasteiger partial charge is 0.460 e. The van der Waals surface area contributed by atoms with Crippen LogP contribution < -0.4 is 0 Å². The summed E-state index contributed by atoms with van der Waals surface area (Å²) in [7, 11) is 1.71. The number of ether oxygens (including phenoxy) is 4. The smallest absolute Gasteiger partial charge is 0.432 e. The van der Waals surface area contributed by atoms with Gasteiger partial charge >= 0.3 is 24.3 Å². The molecule has 7 nitrogen and oxygen atoms in total. The number of rotatable bonds is 13. The van der Waals surface area contributed by atoms with Crippen LogP contribution in [0.15, 0.2) is 72.3 Å². The van der Waals surface area contributed by atoms with Gasteiger partial charge in [0.1, 0.15) is 12.2 Å². The van der Waals surface area contributed by atoms with Gasteiger partial charge in [-0.1, -0.05) is 107 Å². The summed E-state index contributed by atoms with van der Waals surface area (Å²) in [6, 6.07) is 13.6. The standard InChI is InChI=1S/C47H60F6O7/c1-28(2)39(60-41(56)45(58-7,47(51,52)53)31-16-12-9-13-17-31)21-18-29(3)34-19-20-35-33-27-38(54)37-26-32(22-24-43(37,5)36(33)23-25-42(34,35)4)59-40(55)44(57-6,46(48,49)50)30-14-10-8-11-15-30/h8-17,23,28-29,32-35,37-39,54H,18-22,24-27H2,1-7H3/t29-,32+,33+,34-,35+,37-,38+,39+,42-,43-,44-,45-/m1/s1. The van der Waals surface area contributed by atoms with Crippen molar-refractivity contribution in [2.45, 2.75) is 134 Å². The number of methoxy groups -OCH3 is 2. The van der Waals surface area contributed by atoms with E-state index in [0.717, 1.165) is 33.5 Å². The Morgan fingerprint density at radius 3 is 1.83 bits per heavy atom. The highest BCUT2D eigenvalue weighted by Crippen LogP contribution is 2.67. The third-order valence-corrected chi connectivity index (χ3v) is 15.3. The van der Waals surface area contributed by atoms with E-state index in [9.17, 15) is 41.0 Å². The maximum absolute atomic E-state index is 14.6. The highest BCUT2D eigenvalue weighted by atomic mass is 19.4. The van der Waals surface area contributed by atoms with Gasteiger partial charge in [-0.3, -0.25) is 0 Å². The number of allylic oxidation sites excluding steroid dienone is 2. The number of fused-ring (bicyclic) bond motifs is 5. The average Bonchev–Trinajstić information content (AvgIpc) is 3.55. The molecule has 0 amide bonds. The summed E-state index contributed by atoms with van der Waals surface area (Å²) in [5.41, 5.74) is -6.53. The number of halogens is 6. The van der Waals surface area contributed by atoms with Gasteiger partial charge < -0.3 is 24.1 Å². The summed E-state index contributed by atoms with van der Waals surface area (Å²) in [5.74, 6) is -2.77. The molecular formula is C47H60F6O7. The van der Waals surface area contributed by atoms with E-state index in [1.54, 1.807) is 12.1 Å². The Morgan fingerprint density at radius 1 is 0.767 bits per heavy atom. The first kappa shape index (κ1) is 46.1. The highest BCUT2D eigenvalue weighted by molar-refractivity contribution is 5.83. The van der Waals surface area contributed by atoms with E-state index >= 15 is 0 Å². The van der Waals surface area contributed by atoms with Crippen molar-refractivity contribution in [1.82, 2.24) is 0 Å². The lowest BCUT2D eigenvalue weighted by Gasteiger charge is -2.58. The molecule has 0 aliphatic heterocycles. The zero-order chi connectivity index (χ0) is 44.1. The quantitative estimate of drug-likeness (QED) is 0.122. The molecule has 2 aromatic rings. The van der Waals surface area contributed by atoms with Gasteiger partial charge in [-0.25, -0.2) is 9.59 Å². The number of aliphatic hydroxyl groups excluding tert-OH is 1. The van der Waals surface area contributed by atoms with Gasteiger partial charge in [0.05, 0.1) is 6.10 Å². The van der Waals surface area contributed by atoms with E-state index in [1.165, 1.54) is 54.1 Å². The molecule has 1 N–H and O–H groups in total. The van der Waals surface area contributed by atoms with Crippen LogP contribution in [-0.2, 0) is 39.7 Å². The van der Waals surface area contributed by atoms with Crippen LogP contribution in [0, 0.1) is 46.3 Å². The fraction of sp³-hybridized carbons (Fsp3) is 0.660. The number of carbonyl (C=O) groups is 2. The normalized spacial score (nSPS) is 32.3. The minimum Gasteiger partial charge on any atom is -0.460 e. The van der Waals surface area contributed by atoms with E-state index in [1.807, 2.05) is 13.8 Å². The molecule has 3 saturated carbocycles. The average molecular weight is 851 g/mol. The van der Waals surface area contributed by atoms with Crippen LogP contribution >= 0.6 is 0 Å². The van der Waals surface area contributed by atoms with Crippen molar-refractivity contribution < 1.29 is 60.0 Å². The Balaban J connectivity index is 1.14. The Hall–Kier alpha value is -3.42. The van der Waals surface area contributed by atoms with Crippen LogP contribution in [0.25, 0.3) is 0 Å². The molecule has 4 aliphatic carbocycles. The van der Waals surface area contributed by atoms with Crippen molar-refractivity contribution in [3.63, 3.8) is 0 Å². The number of hydrogen-bond acceptors (Lipinski definition) is 7. The second kappa shape index (κ2) is 17.0. The van der Waals surface area contributed by atoms with E-state index in [-0.39, 0.29) is 58.5 Å². The van der Waals surface area contributed by atoms with Crippen molar-refractivity contribution >= 4 is 11.9 Å². The molecule has 6 rings (SSSR count). The van der Waals surface area contributed by atoms with Gasteiger partial charge in [-0.2, -0.15) is 26.3 Å². The Kier molecular flexibility index (Phi) is 13.1. The zero-order valence-electron chi connectivity index (χ0n) is 35.6. The van der Waals surface area contributed by atoms with Crippen molar-refractivity contribution in [2.75, 3.05) is 14.2 Å². The molecule has 4 aliphatic rings. The molecule has 332 valence electrons. The van der Waals surface area contributed by atoms with E-state index in [2.05, 4.69) is 26.8 Å². The third-order valence-electron chi connectivity index (χ3n) is 15.3. The number of benzene rings is 2. The lowest BCUT2D eigenvalue weighted by Crippen LogP contribution is -2.56. The molecule has 0 unspecified atom stereocenters. The molecule has 0 radical (unpaired) electrons. The minimum atomic E-state index is -5.09. The van der Waals surface area contributed by atoms with Crippen molar-refractivity contribution in [1.29, 1.82) is 0 Å². The first-order valence-electron chi connectivity index (χ1n) is 21.3. The Labute approximate surface area is 349 Å². The second-order valence-electron chi connectivity index (χ2n) is 18.6. The van der Waals surface area contributed by atoms with Gasteiger partial charge in [0.25, 0.3) is 11.2 Å². The molecule has 0 saturated heterocycles. The number of hydrogen-bond donors (Lipinski definition) is 1. The molecule has 0 aromatic heterocycles. The topological polar surface area (TPSA) is 91.3 Å². The number of esters is 2. The predicted octanol–water partition coefficient (Wildman–Crippen LogP) is 10.6. The predicted molar refractivity (Wildman–Crippen MR) is 212 cm³/mol. The second-order valence-corrected chi connectivity index (χ2v) is 18.6. The zero-order valence-corrected chi connectivity index (χ0v) is 35.6. The fourth-order valence-electron chi connectivity index (χ4n) is 12.0. The van der Waals surface area contributed by atoms with E-state index in [4.69, 9.17) is 18.9 Å². The maximum atomic E-state index is 14.6. The van der Waals surface area contributed by atoms with Crippen molar-refractivity contribution in [2.24, 2.45) is 46.3 Å². The van der Waals surface area contributed by atoms with E-state index < -0.39 is 59.2 Å². The molecule has 3 fully saturated rings. The van der Waals surface area contributed by atoms with Gasteiger partial charge in [0.2, 0.25) is 0 Å². The van der Waals surface area contributed by atoms with Gasteiger partial charge in [0, 0.05) is 25.3 Å². The maximum Gasteiger partial charge on any atom is 0.432 e. The molecule has 0 heterocycles. The fourth-order valence-corrected chi connectivity index (χ4v) is 12.0. The van der Waals surface area contributed by atoms with Gasteiger partial charge in [-0.05, 0) is 104 Å². The van der Waals surface area contributed by atoms with Crippen LogP contribution in [-0.4, -0.2) is 61.9 Å². The van der Waals surface area contributed by atoms with Crippen LogP contribution in [0.5, 0.6) is 0 Å².